The number of piperazine rings is 1. The van der Waals surface area contributed by atoms with Gasteiger partial charge in [-0.25, -0.2) is 0 Å². The highest BCUT2D eigenvalue weighted by molar-refractivity contribution is 6.00. The number of rotatable bonds is 4. The Morgan fingerprint density at radius 3 is 2.23 bits per heavy atom. The standard InChI is InChI=1S/C24H27N3O4/c1-16-3-8-21(17(2)13-16)25-9-11-26(12-10-25)23(29)18-4-6-20(7-5-18)27-15-19(24(30)31)14-22(27)28/h3-8,13,19H,9-12,14-15H2,1-2H3,(H,30,31). The molecule has 2 aromatic rings. The van der Waals surface area contributed by atoms with Gasteiger partial charge < -0.3 is 19.8 Å². The van der Waals surface area contributed by atoms with Crippen molar-refractivity contribution in [3.8, 4) is 0 Å². The topological polar surface area (TPSA) is 81.2 Å². The van der Waals surface area contributed by atoms with Crippen molar-refractivity contribution in [2.24, 2.45) is 5.92 Å². The second-order valence-electron chi connectivity index (χ2n) is 8.36. The Morgan fingerprint density at radius 1 is 0.968 bits per heavy atom. The number of carbonyl (C=O) groups excluding carboxylic acids is 2. The molecule has 2 fully saturated rings. The van der Waals surface area contributed by atoms with Gasteiger partial charge in [-0.05, 0) is 49.7 Å². The first-order valence-corrected chi connectivity index (χ1v) is 10.6. The van der Waals surface area contributed by atoms with E-state index < -0.39 is 11.9 Å². The Balaban J connectivity index is 1.38. The molecule has 0 spiro atoms. The van der Waals surface area contributed by atoms with Gasteiger partial charge in [0.15, 0.2) is 0 Å². The summed E-state index contributed by atoms with van der Waals surface area (Å²) in [4.78, 5) is 41.9. The summed E-state index contributed by atoms with van der Waals surface area (Å²) in [5.74, 6) is -1.86. The van der Waals surface area contributed by atoms with Crippen LogP contribution in [-0.4, -0.2) is 60.5 Å². The SMILES string of the molecule is Cc1ccc(N2CCN(C(=O)c3ccc(N4CC(C(=O)O)CC4=O)cc3)CC2)c(C)c1. The first kappa shape index (κ1) is 20.9. The predicted molar refractivity (Wildman–Crippen MR) is 119 cm³/mol. The number of carboxylic acids is 1. The largest absolute Gasteiger partial charge is 0.481 e. The summed E-state index contributed by atoms with van der Waals surface area (Å²) < 4.78 is 0. The molecule has 2 amide bonds. The lowest BCUT2D eigenvalue weighted by Crippen LogP contribution is -2.49. The van der Waals surface area contributed by atoms with Crippen LogP contribution in [0.3, 0.4) is 0 Å². The van der Waals surface area contributed by atoms with Crippen LogP contribution < -0.4 is 9.80 Å². The fourth-order valence-electron chi connectivity index (χ4n) is 4.40. The maximum absolute atomic E-state index is 12.9. The van der Waals surface area contributed by atoms with Gasteiger partial charge in [-0.2, -0.15) is 0 Å². The van der Waals surface area contributed by atoms with Gasteiger partial charge in [0.25, 0.3) is 5.91 Å². The Kier molecular flexibility index (Phi) is 5.67. The quantitative estimate of drug-likeness (QED) is 0.821. The molecule has 1 atom stereocenters. The maximum Gasteiger partial charge on any atom is 0.308 e. The lowest BCUT2D eigenvalue weighted by Gasteiger charge is -2.37. The van der Waals surface area contributed by atoms with E-state index in [0.29, 0.717) is 24.3 Å². The summed E-state index contributed by atoms with van der Waals surface area (Å²) in [7, 11) is 0. The number of hydrogen-bond acceptors (Lipinski definition) is 4. The van der Waals surface area contributed by atoms with E-state index in [2.05, 4.69) is 36.9 Å². The summed E-state index contributed by atoms with van der Waals surface area (Å²) in [6.45, 7) is 7.24. The van der Waals surface area contributed by atoms with Crippen LogP contribution in [0, 0.1) is 19.8 Å². The molecule has 0 aromatic heterocycles. The van der Waals surface area contributed by atoms with Gasteiger partial charge >= 0.3 is 5.97 Å². The van der Waals surface area contributed by atoms with E-state index in [1.165, 1.54) is 21.7 Å². The molecule has 0 saturated carbocycles. The van der Waals surface area contributed by atoms with E-state index in [0.717, 1.165) is 13.1 Å². The van der Waals surface area contributed by atoms with Crippen LogP contribution in [0.4, 0.5) is 11.4 Å². The van der Waals surface area contributed by atoms with Gasteiger partial charge in [-0.15, -0.1) is 0 Å². The highest BCUT2D eigenvalue weighted by atomic mass is 16.4. The highest BCUT2D eigenvalue weighted by Crippen LogP contribution is 2.26. The second kappa shape index (κ2) is 8.41. The monoisotopic (exact) mass is 421 g/mol. The summed E-state index contributed by atoms with van der Waals surface area (Å²) >= 11 is 0. The zero-order chi connectivity index (χ0) is 22.1. The number of aliphatic carboxylic acids is 1. The van der Waals surface area contributed by atoms with Gasteiger partial charge in [0, 0.05) is 56.1 Å². The molecule has 2 aromatic carbocycles. The van der Waals surface area contributed by atoms with Gasteiger partial charge in [0.2, 0.25) is 5.91 Å². The second-order valence-corrected chi connectivity index (χ2v) is 8.36. The van der Waals surface area contributed by atoms with Crippen LogP contribution in [0.5, 0.6) is 0 Å². The number of anilines is 2. The fourth-order valence-corrected chi connectivity index (χ4v) is 4.40. The molecule has 2 saturated heterocycles. The van der Waals surface area contributed by atoms with E-state index in [1.54, 1.807) is 24.3 Å². The van der Waals surface area contributed by atoms with Crippen molar-refractivity contribution in [3.63, 3.8) is 0 Å². The van der Waals surface area contributed by atoms with Crippen molar-refractivity contribution >= 4 is 29.2 Å². The first-order valence-electron chi connectivity index (χ1n) is 10.6. The van der Waals surface area contributed by atoms with Crippen LogP contribution in [0.2, 0.25) is 0 Å². The third-order valence-corrected chi connectivity index (χ3v) is 6.16. The predicted octanol–water partition coefficient (Wildman–Crippen LogP) is 2.70. The average molecular weight is 421 g/mol. The number of benzene rings is 2. The minimum absolute atomic E-state index is 0.0146. The summed E-state index contributed by atoms with van der Waals surface area (Å²) in [6, 6.07) is 13.3. The number of carboxylic acid groups (broad SMARTS) is 1. The number of nitrogens with zero attached hydrogens (tertiary/aromatic N) is 3. The van der Waals surface area contributed by atoms with Crippen molar-refractivity contribution in [1.82, 2.24) is 4.90 Å². The minimum Gasteiger partial charge on any atom is -0.481 e. The third kappa shape index (κ3) is 4.26. The molecule has 31 heavy (non-hydrogen) atoms. The lowest BCUT2D eigenvalue weighted by molar-refractivity contribution is -0.141. The summed E-state index contributed by atoms with van der Waals surface area (Å²) in [5.41, 5.74) is 4.91. The minimum atomic E-state index is -0.956. The smallest absolute Gasteiger partial charge is 0.308 e. The van der Waals surface area contributed by atoms with E-state index in [9.17, 15) is 14.4 Å². The molecule has 2 aliphatic rings. The van der Waals surface area contributed by atoms with Crippen molar-refractivity contribution in [2.45, 2.75) is 20.3 Å². The van der Waals surface area contributed by atoms with E-state index >= 15 is 0 Å². The van der Waals surface area contributed by atoms with Gasteiger partial charge in [0.05, 0.1) is 5.92 Å². The molecular formula is C24H27N3O4. The zero-order valence-electron chi connectivity index (χ0n) is 17.9. The molecule has 7 heteroatoms. The maximum atomic E-state index is 12.9. The average Bonchev–Trinajstić information content (AvgIpc) is 3.16. The van der Waals surface area contributed by atoms with Gasteiger partial charge in [0.1, 0.15) is 0 Å². The molecule has 1 unspecified atom stereocenters. The molecule has 2 heterocycles. The van der Waals surface area contributed by atoms with Crippen LogP contribution in [0.1, 0.15) is 27.9 Å². The molecule has 1 N–H and O–H groups in total. The molecule has 4 rings (SSSR count). The first-order chi connectivity index (χ1) is 14.8. The van der Waals surface area contributed by atoms with Gasteiger partial charge in [-0.1, -0.05) is 17.7 Å². The van der Waals surface area contributed by atoms with Crippen LogP contribution in [0.15, 0.2) is 42.5 Å². The van der Waals surface area contributed by atoms with Crippen molar-refractivity contribution in [3.05, 3.63) is 59.2 Å². The van der Waals surface area contributed by atoms with E-state index in [1.807, 2.05) is 4.90 Å². The van der Waals surface area contributed by atoms with E-state index in [4.69, 9.17) is 5.11 Å². The molecule has 0 bridgehead atoms. The Hall–Kier alpha value is -3.35. The summed E-state index contributed by atoms with van der Waals surface area (Å²) in [6.07, 6.45) is 0.0146. The third-order valence-electron chi connectivity index (χ3n) is 6.16. The van der Waals surface area contributed by atoms with Crippen molar-refractivity contribution in [1.29, 1.82) is 0 Å². The number of carbonyl (C=O) groups is 3. The molecule has 0 radical (unpaired) electrons. The number of aryl methyl sites for hydroxylation is 2. The van der Waals surface area contributed by atoms with Crippen molar-refractivity contribution < 1.29 is 19.5 Å². The summed E-state index contributed by atoms with van der Waals surface area (Å²) in [5, 5.41) is 9.14. The normalized spacial score (nSPS) is 19.1. The van der Waals surface area contributed by atoms with Crippen LogP contribution in [-0.2, 0) is 9.59 Å². The van der Waals surface area contributed by atoms with Crippen LogP contribution in [0.25, 0.3) is 0 Å². The lowest BCUT2D eigenvalue weighted by atomic mass is 10.1. The number of amides is 2. The molecule has 0 aliphatic carbocycles. The Labute approximate surface area is 181 Å². The molecule has 2 aliphatic heterocycles. The van der Waals surface area contributed by atoms with Gasteiger partial charge in [-0.3, -0.25) is 14.4 Å². The fraction of sp³-hybridized carbons (Fsp3) is 0.375. The van der Waals surface area contributed by atoms with E-state index in [-0.39, 0.29) is 24.8 Å². The molecule has 7 nitrogen and oxygen atoms in total. The van der Waals surface area contributed by atoms with Crippen LogP contribution >= 0.6 is 0 Å². The zero-order valence-corrected chi connectivity index (χ0v) is 17.9. The Bertz CT molecular complexity index is 1010. The molecular weight excluding hydrogens is 394 g/mol. The molecule has 162 valence electrons. The Morgan fingerprint density at radius 2 is 1.65 bits per heavy atom. The highest BCUT2D eigenvalue weighted by Gasteiger charge is 2.35. The van der Waals surface area contributed by atoms with Crippen molar-refractivity contribution in [2.75, 3.05) is 42.5 Å². The number of hydrogen-bond donors (Lipinski definition) is 1.